The number of nitrogens with zero attached hydrogens (tertiary/aromatic N) is 3. The van der Waals surface area contributed by atoms with Gasteiger partial charge < -0.3 is 5.11 Å². The first-order valence-corrected chi connectivity index (χ1v) is 6.19. The lowest BCUT2D eigenvalue weighted by Gasteiger charge is -2.16. The van der Waals surface area contributed by atoms with E-state index in [-0.39, 0.29) is 18.2 Å². The molecule has 18 heavy (non-hydrogen) atoms. The Hall–Kier alpha value is -1.75. The fraction of sp³-hybridized carbons (Fsp3) is 0.462. The smallest absolute Gasteiger partial charge is 0.263 e. The van der Waals surface area contributed by atoms with Crippen molar-refractivity contribution in [3.05, 3.63) is 35.1 Å². The lowest BCUT2D eigenvalue weighted by atomic mass is 10.1. The maximum absolute atomic E-state index is 12.3. The van der Waals surface area contributed by atoms with Gasteiger partial charge in [0.2, 0.25) is 0 Å². The Morgan fingerprint density at radius 2 is 2.33 bits per heavy atom. The minimum Gasteiger partial charge on any atom is -0.394 e. The molecule has 0 radical (unpaired) electrons. The molecule has 0 bridgehead atoms. The molecule has 5 nitrogen and oxygen atoms in total. The van der Waals surface area contributed by atoms with Crippen LogP contribution in [-0.4, -0.2) is 26.2 Å². The Morgan fingerprint density at radius 1 is 1.50 bits per heavy atom. The molecular formula is C13H17N3O2. The Kier molecular flexibility index (Phi) is 4.04. The summed E-state index contributed by atoms with van der Waals surface area (Å²) in [5.74, 6) is 0. The Balaban J connectivity index is 2.44. The zero-order chi connectivity index (χ0) is 13.0. The Labute approximate surface area is 105 Å². The molecular weight excluding hydrogens is 230 g/mol. The van der Waals surface area contributed by atoms with Crippen LogP contribution in [0.25, 0.3) is 10.9 Å². The van der Waals surface area contributed by atoms with Crippen LogP contribution in [0.3, 0.4) is 0 Å². The van der Waals surface area contributed by atoms with Gasteiger partial charge >= 0.3 is 0 Å². The monoisotopic (exact) mass is 247 g/mol. The Morgan fingerprint density at radius 3 is 3.06 bits per heavy atom. The summed E-state index contributed by atoms with van der Waals surface area (Å²) in [6.45, 7) is 2.03. The first-order chi connectivity index (χ1) is 8.77. The van der Waals surface area contributed by atoms with E-state index in [2.05, 4.69) is 16.9 Å². The summed E-state index contributed by atoms with van der Waals surface area (Å²) in [5, 5.41) is 9.89. The van der Waals surface area contributed by atoms with Crippen molar-refractivity contribution in [2.75, 3.05) is 6.61 Å². The number of aliphatic hydroxyl groups is 1. The number of hydrogen-bond donors (Lipinski definition) is 1. The average molecular weight is 247 g/mol. The highest BCUT2D eigenvalue weighted by Crippen LogP contribution is 2.13. The molecule has 2 aromatic heterocycles. The molecule has 0 aromatic carbocycles. The van der Waals surface area contributed by atoms with Crippen LogP contribution >= 0.6 is 0 Å². The van der Waals surface area contributed by atoms with E-state index in [4.69, 9.17) is 0 Å². The molecule has 2 heterocycles. The van der Waals surface area contributed by atoms with Crippen LogP contribution in [0, 0.1) is 0 Å². The van der Waals surface area contributed by atoms with Gasteiger partial charge in [-0.15, -0.1) is 0 Å². The van der Waals surface area contributed by atoms with Gasteiger partial charge in [-0.3, -0.25) is 14.3 Å². The van der Waals surface area contributed by atoms with Gasteiger partial charge in [-0.25, -0.2) is 4.98 Å². The lowest BCUT2D eigenvalue weighted by molar-refractivity contribution is 0.215. The van der Waals surface area contributed by atoms with Crippen LogP contribution in [0.4, 0.5) is 0 Å². The first-order valence-electron chi connectivity index (χ1n) is 6.19. The third kappa shape index (κ3) is 2.41. The summed E-state index contributed by atoms with van der Waals surface area (Å²) in [7, 11) is 0. The third-order valence-electron chi connectivity index (χ3n) is 3.08. The van der Waals surface area contributed by atoms with E-state index in [1.54, 1.807) is 12.3 Å². The predicted molar refractivity (Wildman–Crippen MR) is 69.4 cm³/mol. The molecule has 0 spiro atoms. The first kappa shape index (κ1) is 12.7. The highest BCUT2D eigenvalue weighted by Gasteiger charge is 2.13. The normalized spacial score (nSPS) is 12.8. The topological polar surface area (TPSA) is 68.0 Å². The van der Waals surface area contributed by atoms with E-state index in [1.807, 2.05) is 0 Å². The van der Waals surface area contributed by atoms with E-state index >= 15 is 0 Å². The maximum atomic E-state index is 12.3. The van der Waals surface area contributed by atoms with E-state index in [0.29, 0.717) is 10.9 Å². The van der Waals surface area contributed by atoms with Crippen molar-refractivity contribution in [1.82, 2.24) is 14.5 Å². The molecule has 0 amide bonds. The van der Waals surface area contributed by atoms with Crippen LogP contribution in [0.2, 0.25) is 0 Å². The quantitative estimate of drug-likeness (QED) is 0.869. The molecule has 0 aliphatic heterocycles. The number of hydrogen-bond acceptors (Lipinski definition) is 4. The Bertz CT molecular complexity index is 580. The van der Waals surface area contributed by atoms with E-state index in [9.17, 15) is 9.90 Å². The van der Waals surface area contributed by atoms with Gasteiger partial charge in [0.15, 0.2) is 0 Å². The summed E-state index contributed by atoms with van der Waals surface area (Å²) in [6, 6.07) is 1.51. The van der Waals surface area contributed by atoms with Crippen molar-refractivity contribution in [3.8, 4) is 0 Å². The minimum absolute atomic E-state index is 0.0483. The van der Waals surface area contributed by atoms with Gasteiger partial charge in [-0.1, -0.05) is 19.8 Å². The summed E-state index contributed by atoms with van der Waals surface area (Å²) >= 11 is 0. The third-order valence-corrected chi connectivity index (χ3v) is 3.08. The SMILES string of the molecule is CCCC[C@H](CO)n1cnc2ccncc2c1=O. The fourth-order valence-electron chi connectivity index (χ4n) is 2.00. The van der Waals surface area contributed by atoms with Crippen LogP contribution < -0.4 is 5.56 Å². The molecule has 0 unspecified atom stereocenters. The van der Waals surface area contributed by atoms with E-state index in [1.165, 1.54) is 17.1 Å². The van der Waals surface area contributed by atoms with E-state index in [0.717, 1.165) is 19.3 Å². The summed E-state index contributed by atoms with van der Waals surface area (Å²) in [5.41, 5.74) is 0.502. The number of unbranched alkanes of at least 4 members (excludes halogenated alkanes) is 1. The van der Waals surface area contributed by atoms with Gasteiger partial charge in [0, 0.05) is 12.4 Å². The number of pyridine rings is 1. The highest BCUT2D eigenvalue weighted by atomic mass is 16.3. The van der Waals surface area contributed by atoms with Crippen molar-refractivity contribution in [3.63, 3.8) is 0 Å². The molecule has 0 saturated carbocycles. The summed E-state index contributed by atoms with van der Waals surface area (Å²) in [4.78, 5) is 20.4. The second-order valence-corrected chi connectivity index (χ2v) is 4.33. The van der Waals surface area contributed by atoms with Gasteiger partial charge in [0.05, 0.1) is 29.9 Å². The number of rotatable bonds is 5. The molecule has 2 rings (SSSR count). The number of aromatic nitrogens is 3. The van der Waals surface area contributed by atoms with Crippen LogP contribution in [0.15, 0.2) is 29.6 Å². The molecule has 96 valence electrons. The van der Waals surface area contributed by atoms with Gasteiger partial charge in [0.25, 0.3) is 5.56 Å². The molecule has 0 aliphatic carbocycles. The molecule has 1 N–H and O–H groups in total. The fourth-order valence-corrected chi connectivity index (χ4v) is 2.00. The minimum atomic E-state index is -0.199. The standard InChI is InChI=1S/C13H17N3O2/c1-2-3-4-10(8-17)16-9-15-12-5-6-14-7-11(12)13(16)18/h5-7,9-10,17H,2-4,8H2,1H3/t10-/m1/s1. The summed E-state index contributed by atoms with van der Waals surface area (Å²) < 4.78 is 1.51. The zero-order valence-corrected chi connectivity index (χ0v) is 10.4. The molecule has 5 heteroatoms. The zero-order valence-electron chi connectivity index (χ0n) is 10.4. The molecule has 2 aromatic rings. The maximum Gasteiger partial charge on any atom is 0.263 e. The average Bonchev–Trinajstić information content (AvgIpc) is 2.42. The van der Waals surface area contributed by atoms with Crippen molar-refractivity contribution in [1.29, 1.82) is 0 Å². The second kappa shape index (κ2) is 5.73. The number of fused-ring (bicyclic) bond motifs is 1. The van der Waals surface area contributed by atoms with Crippen molar-refractivity contribution in [2.45, 2.75) is 32.2 Å². The van der Waals surface area contributed by atoms with Crippen LogP contribution in [0.5, 0.6) is 0 Å². The predicted octanol–water partition coefficient (Wildman–Crippen LogP) is 1.52. The van der Waals surface area contributed by atoms with Gasteiger partial charge in [-0.05, 0) is 12.5 Å². The summed E-state index contributed by atoms with van der Waals surface area (Å²) in [6.07, 6.45) is 7.44. The molecule has 0 fully saturated rings. The lowest BCUT2D eigenvalue weighted by Crippen LogP contribution is -2.27. The number of aliphatic hydroxyl groups excluding tert-OH is 1. The van der Waals surface area contributed by atoms with Crippen molar-refractivity contribution >= 4 is 10.9 Å². The van der Waals surface area contributed by atoms with Crippen molar-refractivity contribution in [2.24, 2.45) is 0 Å². The molecule has 0 saturated heterocycles. The largest absolute Gasteiger partial charge is 0.394 e. The molecule has 0 aliphatic rings. The van der Waals surface area contributed by atoms with E-state index < -0.39 is 0 Å². The van der Waals surface area contributed by atoms with Crippen LogP contribution in [-0.2, 0) is 0 Å². The molecule has 1 atom stereocenters. The van der Waals surface area contributed by atoms with Crippen LogP contribution in [0.1, 0.15) is 32.2 Å². The highest BCUT2D eigenvalue weighted by molar-refractivity contribution is 5.75. The van der Waals surface area contributed by atoms with Gasteiger partial charge in [0.1, 0.15) is 0 Å². The van der Waals surface area contributed by atoms with Crippen molar-refractivity contribution < 1.29 is 5.11 Å². The van der Waals surface area contributed by atoms with Gasteiger partial charge in [-0.2, -0.15) is 0 Å². The second-order valence-electron chi connectivity index (χ2n) is 4.33.